The van der Waals surface area contributed by atoms with Crippen molar-refractivity contribution in [3.63, 3.8) is 0 Å². The molecule has 0 unspecified atom stereocenters. The number of benzene rings is 4. The number of ether oxygens (including phenoxy) is 1. The molecule has 4 aromatic rings. The number of aliphatic hydroxyl groups is 1. The van der Waals surface area contributed by atoms with E-state index < -0.39 is 37.5 Å². The van der Waals surface area contributed by atoms with Gasteiger partial charge >= 0.3 is 0 Å². The standard InChI is InChI=1S/C42H47FN6O6Si/c1-25-38(56(2,3)43)36(22-37(51)48-20-4-5-33(48)24-50)55-42(25)34-21-32(47-40(53)28-10-14-30(45)15-11-28)18-19-35(34)49(41(42)54)23-26-6-16-31(17-7-26)46-39(52)27-8-12-29(44)13-9-27/h6-19,21,25,33,36,38,50H,4-5,20,22-24,44-45H2,1-3H3,(H,46,52)(H,47,53)/t25-,33-,36+,38-,42+/m0/s1. The van der Waals surface area contributed by atoms with Crippen LogP contribution in [0.25, 0.3) is 0 Å². The van der Waals surface area contributed by atoms with Crippen LogP contribution in [0.15, 0.2) is 91.0 Å². The number of nitrogens with zero attached hydrogens (tertiary/aromatic N) is 2. The molecule has 0 aliphatic carbocycles. The molecule has 3 aliphatic heterocycles. The van der Waals surface area contributed by atoms with Gasteiger partial charge in [0, 0.05) is 57.4 Å². The van der Waals surface area contributed by atoms with Gasteiger partial charge in [-0.1, -0.05) is 19.1 Å². The lowest BCUT2D eigenvalue weighted by Crippen LogP contribution is -2.45. The van der Waals surface area contributed by atoms with Gasteiger partial charge in [-0.05, 0) is 110 Å². The number of hydrogen-bond acceptors (Lipinski definition) is 8. The third kappa shape index (κ3) is 7.27. The first-order valence-electron chi connectivity index (χ1n) is 18.9. The molecule has 12 nitrogen and oxygen atoms in total. The number of rotatable bonds is 10. The summed E-state index contributed by atoms with van der Waals surface area (Å²) in [5.41, 5.74) is 13.8. The fourth-order valence-electron chi connectivity index (χ4n) is 8.68. The van der Waals surface area contributed by atoms with Crippen LogP contribution in [-0.4, -0.2) is 67.3 Å². The molecule has 7 N–H and O–H groups in total. The molecular weight excluding hydrogens is 732 g/mol. The maximum atomic E-state index is 16.5. The Labute approximate surface area is 326 Å². The summed E-state index contributed by atoms with van der Waals surface area (Å²) in [5, 5.41) is 15.7. The van der Waals surface area contributed by atoms with Crippen molar-refractivity contribution in [2.24, 2.45) is 5.92 Å². The van der Waals surface area contributed by atoms with Crippen molar-refractivity contribution in [1.29, 1.82) is 0 Å². The fourth-order valence-corrected chi connectivity index (χ4v) is 11.2. The molecule has 7 rings (SSSR count). The van der Waals surface area contributed by atoms with E-state index in [1.807, 2.05) is 19.1 Å². The molecule has 0 saturated carbocycles. The number of nitrogen functional groups attached to an aromatic ring is 2. The van der Waals surface area contributed by atoms with Gasteiger partial charge in [-0.3, -0.25) is 19.2 Å². The summed E-state index contributed by atoms with van der Waals surface area (Å²) in [4.78, 5) is 58.2. The number of carbonyl (C=O) groups is 4. The van der Waals surface area contributed by atoms with Gasteiger partial charge in [-0.2, -0.15) is 0 Å². The van der Waals surface area contributed by atoms with Crippen LogP contribution >= 0.6 is 0 Å². The van der Waals surface area contributed by atoms with E-state index in [2.05, 4.69) is 10.6 Å². The lowest BCUT2D eigenvalue weighted by Gasteiger charge is -2.31. The Morgan fingerprint density at radius 3 is 2.04 bits per heavy atom. The van der Waals surface area contributed by atoms with Crippen LogP contribution in [0.2, 0.25) is 18.6 Å². The second-order valence-corrected chi connectivity index (χ2v) is 19.3. The number of fused-ring (bicyclic) bond motifs is 2. The molecule has 5 atom stereocenters. The molecule has 0 radical (unpaired) electrons. The van der Waals surface area contributed by atoms with Gasteiger partial charge in [0.15, 0.2) is 5.60 Å². The number of hydrogen-bond donors (Lipinski definition) is 5. The normalized spacial score (nSPS) is 23.1. The topological polar surface area (TPSA) is 180 Å². The van der Waals surface area contributed by atoms with Gasteiger partial charge in [0.1, 0.15) is 0 Å². The predicted molar refractivity (Wildman–Crippen MR) is 216 cm³/mol. The van der Waals surface area contributed by atoms with Gasteiger partial charge in [0.2, 0.25) is 14.3 Å². The quantitative estimate of drug-likeness (QED) is 0.0733. The summed E-state index contributed by atoms with van der Waals surface area (Å²) >= 11 is 0. The zero-order valence-electron chi connectivity index (χ0n) is 31.6. The Morgan fingerprint density at radius 2 is 1.46 bits per heavy atom. The highest BCUT2D eigenvalue weighted by Gasteiger charge is 2.67. The molecule has 2 saturated heterocycles. The third-order valence-corrected chi connectivity index (χ3v) is 13.9. The zero-order valence-corrected chi connectivity index (χ0v) is 32.6. The van der Waals surface area contributed by atoms with Crippen molar-refractivity contribution in [1.82, 2.24) is 4.90 Å². The molecule has 3 aliphatic rings. The fraction of sp³-hybridized carbons (Fsp3) is 0.333. The van der Waals surface area contributed by atoms with E-state index in [0.29, 0.717) is 58.1 Å². The molecule has 4 aromatic carbocycles. The van der Waals surface area contributed by atoms with Gasteiger partial charge in [-0.25, -0.2) is 0 Å². The van der Waals surface area contributed by atoms with Crippen molar-refractivity contribution in [3.05, 3.63) is 113 Å². The molecule has 0 bridgehead atoms. The molecule has 2 fully saturated rings. The second-order valence-electron chi connectivity index (χ2n) is 15.5. The second kappa shape index (κ2) is 15.2. The molecule has 292 valence electrons. The maximum Gasteiger partial charge on any atom is 0.264 e. The lowest BCUT2D eigenvalue weighted by molar-refractivity contribution is -0.150. The van der Waals surface area contributed by atoms with E-state index in [1.165, 1.54) is 0 Å². The number of anilines is 5. The summed E-state index contributed by atoms with van der Waals surface area (Å²) < 4.78 is 23.4. The first-order valence-corrected chi connectivity index (χ1v) is 21.8. The number of carbonyl (C=O) groups excluding carboxylic acids is 4. The van der Waals surface area contributed by atoms with Crippen LogP contribution in [0.5, 0.6) is 0 Å². The average molecular weight is 779 g/mol. The summed E-state index contributed by atoms with van der Waals surface area (Å²) in [7, 11) is -3.59. The molecule has 56 heavy (non-hydrogen) atoms. The van der Waals surface area contributed by atoms with E-state index in [1.54, 1.807) is 102 Å². The first-order chi connectivity index (χ1) is 26.7. The minimum Gasteiger partial charge on any atom is -0.399 e. The SMILES string of the molecule is C[C@H]1[C@H]([Si](C)(C)F)[C@@H](CC(=O)N2CCC[C@H]2CO)O[C@]12C(=O)N(Cc1ccc(NC(=O)c3ccc(N)cc3)cc1)c1ccc(NC(=O)c3ccc(N)cc3)cc12. The van der Waals surface area contributed by atoms with Gasteiger partial charge in [0.25, 0.3) is 17.7 Å². The average Bonchev–Trinajstić information content (AvgIpc) is 3.83. The summed E-state index contributed by atoms with van der Waals surface area (Å²) in [6.07, 6.45) is 0.408. The summed E-state index contributed by atoms with van der Waals surface area (Å²) in [6, 6.07) is 25.1. The zero-order chi connectivity index (χ0) is 39.9. The Bertz CT molecular complexity index is 2140. The largest absolute Gasteiger partial charge is 0.399 e. The van der Waals surface area contributed by atoms with E-state index >= 15 is 8.90 Å². The molecule has 4 amide bonds. The van der Waals surface area contributed by atoms with Gasteiger partial charge < -0.3 is 45.9 Å². The number of amides is 4. The van der Waals surface area contributed by atoms with Crippen molar-refractivity contribution in [2.45, 2.75) is 69.1 Å². The maximum absolute atomic E-state index is 16.5. The minimum atomic E-state index is -3.59. The van der Waals surface area contributed by atoms with Crippen LogP contribution in [0.3, 0.4) is 0 Å². The lowest BCUT2D eigenvalue weighted by atomic mass is 9.82. The highest BCUT2D eigenvalue weighted by Crippen LogP contribution is 2.60. The monoisotopic (exact) mass is 778 g/mol. The van der Waals surface area contributed by atoms with E-state index in [-0.39, 0.29) is 43.3 Å². The van der Waals surface area contributed by atoms with Crippen LogP contribution < -0.4 is 27.0 Å². The van der Waals surface area contributed by atoms with Crippen LogP contribution in [0.1, 0.15) is 58.0 Å². The van der Waals surface area contributed by atoms with E-state index in [0.717, 1.165) is 12.0 Å². The molecule has 3 heterocycles. The Kier molecular flexibility index (Phi) is 10.5. The predicted octanol–water partition coefficient (Wildman–Crippen LogP) is 6.05. The molecule has 0 aromatic heterocycles. The van der Waals surface area contributed by atoms with Crippen LogP contribution in [0, 0.1) is 5.92 Å². The molecular formula is C42H47FN6O6Si. The van der Waals surface area contributed by atoms with E-state index in [9.17, 15) is 19.5 Å². The number of likely N-dealkylation sites (tertiary alicyclic amines) is 1. The van der Waals surface area contributed by atoms with Crippen molar-refractivity contribution in [2.75, 3.05) is 40.2 Å². The Hall–Kier alpha value is -5.57. The number of nitrogens with one attached hydrogen (secondary N) is 2. The van der Waals surface area contributed by atoms with Crippen LogP contribution in [-0.2, 0) is 26.5 Å². The van der Waals surface area contributed by atoms with E-state index in [4.69, 9.17) is 16.2 Å². The minimum absolute atomic E-state index is 0.129. The molecule has 14 heteroatoms. The highest BCUT2D eigenvalue weighted by molar-refractivity contribution is 6.72. The molecule has 1 spiro atoms. The van der Waals surface area contributed by atoms with Crippen molar-refractivity contribution in [3.8, 4) is 0 Å². The Morgan fingerprint density at radius 1 is 0.893 bits per heavy atom. The summed E-state index contributed by atoms with van der Waals surface area (Å²) in [5.74, 6) is -1.99. The van der Waals surface area contributed by atoms with Gasteiger partial charge in [-0.15, -0.1) is 0 Å². The number of nitrogens with two attached hydrogens (primary N) is 2. The Balaban J connectivity index is 1.22. The van der Waals surface area contributed by atoms with Crippen LogP contribution in [0.4, 0.5) is 32.5 Å². The summed E-state index contributed by atoms with van der Waals surface area (Å²) in [6.45, 7) is 5.44. The third-order valence-electron chi connectivity index (χ3n) is 11.4. The number of halogens is 1. The van der Waals surface area contributed by atoms with Crippen molar-refractivity contribution >= 4 is 60.5 Å². The van der Waals surface area contributed by atoms with Gasteiger partial charge in [0.05, 0.1) is 37.4 Å². The number of aliphatic hydroxyl groups excluding tert-OH is 1. The smallest absolute Gasteiger partial charge is 0.264 e. The van der Waals surface area contributed by atoms with Crippen molar-refractivity contribution < 1.29 is 33.1 Å². The first kappa shape index (κ1) is 38.7. The highest BCUT2D eigenvalue weighted by atomic mass is 28.4.